The molecule has 0 amide bonds. The summed E-state index contributed by atoms with van der Waals surface area (Å²) in [6.45, 7) is 15.3. The van der Waals surface area contributed by atoms with Crippen LogP contribution in [0.3, 0.4) is 0 Å². The SMILES string of the molecule is CCCCCCCCCCCCCCCC[N+](CCCC)(CCCC)CCCCCCCCCCCCCCCC.[I-]. The smallest absolute Gasteiger partial charge is 0.0786 e. The molecule has 0 fully saturated rings. The monoisotopic (exact) mass is 706 g/mol. The highest BCUT2D eigenvalue weighted by Crippen LogP contribution is 2.20. The fraction of sp³-hybridized carbons (Fsp3) is 1.00. The van der Waals surface area contributed by atoms with Gasteiger partial charge in [-0.3, -0.25) is 0 Å². The zero-order valence-corrected chi connectivity index (χ0v) is 32.4. The van der Waals surface area contributed by atoms with Crippen LogP contribution in [-0.4, -0.2) is 30.7 Å². The summed E-state index contributed by atoms with van der Waals surface area (Å²) in [6.07, 6.45) is 46.8. The topological polar surface area (TPSA) is 0 Å². The predicted molar refractivity (Wildman–Crippen MR) is 190 cm³/mol. The summed E-state index contributed by atoms with van der Waals surface area (Å²) in [5.41, 5.74) is 0. The van der Waals surface area contributed by atoms with Crippen molar-refractivity contribution >= 4 is 0 Å². The normalized spacial score (nSPS) is 11.7. The van der Waals surface area contributed by atoms with Gasteiger partial charge in [0.2, 0.25) is 0 Å². The molecule has 0 radical (unpaired) electrons. The molecule has 0 aromatic heterocycles. The second kappa shape index (κ2) is 37.9. The molecule has 0 aromatic carbocycles. The van der Waals surface area contributed by atoms with Crippen LogP contribution in [0.1, 0.15) is 233 Å². The number of quaternary nitrogens is 1. The molecule has 0 bridgehead atoms. The lowest BCUT2D eigenvalue weighted by Crippen LogP contribution is -3.00. The number of rotatable bonds is 36. The van der Waals surface area contributed by atoms with E-state index in [1.165, 1.54) is 236 Å². The van der Waals surface area contributed by atoms with E-state index in [9.17, 15) is 0 Å². The number of hydrogen-bond donors (Lipinski definition) is 0. The molecule has 0 aromatic rings. The highest BCUT2D eigenvalue weighted by atomic mass is 127. The van der Waals surface area contributed by atoms with E-state index < -0.39 is 0 Å². The minimum atomic E-state index is 0. The first-order valence-electron chi connectivity index (χ1n) is 20.1. The van der Waals surface area contributed by atoms with Crippen LogP contribution in [-0.2, 0) is 0 Å². The quantitative estimate of drug-likeness (QED) is 0.0346. The minimum Gasteiger partial charge on any atom is -1.00 e. The number of halogens is 1. The lowest BCUT2D eigenvalue weighted by molar-refractivity contribution is -0.929. The van der Waals surface area contributed by atoms with E-state index >= 15 is 0 Å². The van der Waals surface area contributed by atoms with Crippen molar-refractivity contribution in [2.75, 3.05) is 26.2 Å². The van der Waals surface area contributed by atoms with Crippen molar-refractivity contribution in [1.29, 1.82) is 0 Å². The van der Waals surface area contributed by atoms with Crippen molar-refractivity contribution in [3.05, 3.63) is 0 Å². The number of nitrogens with zero attached hydrogens (tertiary/aromatic N) is 1. The van der Waals surface area contributed by atoms with Gasteiger partial charge in [-0.05, 0) is 38.5 Å². The van der Waals surface area contributed by atoms with E-state index in [-0.39, 0.29) is 24.0 Å². The molecule has 256 valence electrons. The maximum atomic E-state index is 2.40. The van der Waals surface area contributed by atoms with Crippen molar-refractivity contribution < 1.29 is 28.5 Å². The Balaban J connectivity index is 0. The van der Waals surface area contributed by atoms with Crippen molar-refractivity contribution in [1.82, 2.24) is 0 Å². The molecule has 0 aliphatic carbocycles. The lowest BCUT2D eigenvalue weighted by atomic mass is 10.0. The molecule has 0 saturated carbocycles. The maximum Gasteiger partial charge on any atom is 0.0786 e. The first-order chi connectivity index (χ1) is 20.2. The van der Waals surface area contributed by atoms with E-state index in [1.54, 1.807) is 0 Å². The van der Waals surface area contributed by atoms with Gasteiger partial charge in [-0.2, -0.15) is 0 Å². The summed E-state index contributed by atoms with van der Waals surface area (Å²) in [6, 6.07) is 0. The van der Waals surface area contributed by atoms with Crippen molar-refractivity contribution in [2.24, 2.45) is 0 Å². The largest absolute Gasteiger partial charge is 1.00 e. The average Bonchev–Trinajstić information content (AvgIpc) is 2.99. The molecule has 0 unspecified atom stereocenters. The third kappa shape index (κ3) is 32.1. The van der Waals surface area contributed by atoms with Crippen LogP contribution < -0.4 is 24.0 Å². The van der Waals surface area contributed by atoms with Gasteiger partial charge >= 0.3 is 0 Å². The number of unbranched alkanes of at least 4 members (excludes halogenated alkanes) is 28. The molecule has 0 spiro atoms. The Morgan fingerprint density at radius 2 is 0.381 bits per heavy atom. The molecule has 0 rings (SSSR count). The molecular weight excluding hydrogens is 621 g/mol. The molecular formula is C40H84IN. The van der Waals surface area contributed by atoms with Gasteiger partial charge in [0.15, 0.2) is 0 Å². The van der Waals surface area contributed by atoms with E-state index in [4.69, 9.17) is 0 Å². The Bertz CT molecular complexity index is 423. The Morgan fingerprint density at radius 1 is 0.214 bits per heavy atom. The highest BCUT2D eigenvalue weighted by Gasteiger charge is 2.25. The first kappa shape index (κ1) is 44.8. The Kier molecular flexibility index (Phi) is 40.4. The van der Waals surface area contributed by atoms with E-state index in [0.717, 1.165) is 0 Å². The van der Waals surface area contributed by atoms with Gasteiger partial charge in [0.1, 0.15) is 0 Å². The van der Waals surface area contributed by atoms with Crippen LogP contribution in [0, 0.1) is 0 Å². The average molecular weight is 706 g/mol. The fourth-order valence-electron chi connectivity index (χ4n) is 6.94. The Hall–Kier alpha value is 0.690. The molecule has 42 heavy (non-hydrogen) atoms. The van der Waals surface area contributed by atoms with Crippen LogP contribution in [0.15, 0.2) is 0 Å². The molecule has 0 heterocycles. The molecule has 0 N–H and O–H groups in total. The summed E-state index contributed by atoms with van der Waals surface area (Å²) < 4.78 is 1.46. The van der Waals surface area contributed by atoms with Crippen molar-refractivity contribution in [3.63, 3.8) is 0 Å². The van der Waals surface area contributed by atoms with Crippen molar-refractivity contribution in [3.8, 4) is 0 Å². The van der Waals surface area contributed by atoms with Gasteiger partial charge in [-0.25, -0.2) is 0 Å². The summed E-state index contributed by atoms with van der Waals surface area (Å²) in [5.74, 6) is 0. The molecule has 0 saturated heterocycles. The van der Waals surface area contributed by atoms with Gasteiger partial charge in [0, 0.05) is 0 Å². The van der Waals surface area contributed by atoms with Crippen LogP contribution in [0.4, 0.5) is 0 Å². The Labute approximate surface area is 286 Å². The summed E-state index contributed by atoms with van der Waals surface area (Å²) in [4.78, 5) is 0. The molecule has 2 heteroatoms. The first-order valence-corrected chi connectivity index (χ1v) is 20.1. The molecule has 0 aliphatic heterocycles. The standard InChI is InChI=1S/C40H84N.HI/c1-5-9-13-15-17-19-21-23-25-27-29-31-33-35-39-41(37-11-7-3,38-12-8-4)40-36-34-32-30-28-26-24-22-20-18-16-14-10-6-2;/h5-40H2,1-4H3;1H/q+1;/p-1. The minimum absolute atomic E-state index is 0. The predicted octanol–water partition coefficient (Wildman–Crippen LogP) is 11.4. The van der Waals surface area contributed by atoms with Gasteiger partial charge < -0.3 is 28.5 Å². The highest BCUT2D eigenvalue weighted by molar-refractivity contribution is 4.54. The summed E-state index contributed by atoms with van der Waals surface area (Å²) >= 11 is 0. The van der Waals surface area contributed by atoms with E-state index in [2.05, 4.69) is 27.7 Å². The van der Waals surface area contributed by atoms with Gasteiger partial charge in [-0.15, -0.1) is 0 Å². The second-order valence-electron chi connectivity index (χ2n) is 14.1. The third-order valence-electron chi connectivity index (χ3n) is 9.94. The molecule has 0 aliphatic rings. The third-order valence-corrected chi connectivity index (χ3v) is 9.94. The zero-order valence-electron chi connectivity index (χ0n) is 30.3. The fourth-order valence-corrected chi connectivity index (χ4v) is 6.94. The Morgan fingerprint density at radius 3 is 0.595 bits per heavy atom. The second-order valence-corrected chi connectivity index (χ2v) is 14.1. The van der Waals surface area contributed by atoms with Crippen molar-refractivity contribution in [2.45, 2.75) is 233 Å². The molecule has 1 nitrogen and oxygen atoms in total. The van der Waals surface area contributed by atoms with E-state index in [1.807, 2.05) is 0 Å². The summed E-state index contributed by atoms with van der Waals surface area (Å²) in [5, 5.41) is 0. The van der Waals surface area contributed by atoms with Crippen LogP contribution >= 0.6 is 0 Å². The van der Waals surface area contributed by atoms with Crippen LogP contribution in [0.2, 0.25) is 0 Å². The van der Waals surface area contributed by atoms with Gasteiger partial charge in [0.05, 0.1) is 26.2 Å². The summed E-state index contributed by atoms with van der Waals surface area (Å²) in [7, 11) is 0. The number of hydrogen-bond acceptors (Lipinski definition) is 0. The van der Waals surface area contributed by atoms with E-state index in [0.29, 0.717) is 0 Å². The van der Waals surface area contributed by atoms with Gasteiger partial charge in [0.25, 0.3) is 0 Å². The lowest BCUT2D eigenvalue weighted by Gasteiger charge is -2.39. The van der Waals surface area contributed by atoms with Crippen LogP contribution in [0.5, 0.6) is 0 Å². The van der Waals surface area contributed by atoms with Crippen LogP contribution in [0.25, 0.3) is 0 Å². The maximum absolute atomic E-state index is 2.40. The molecule has 0 atom stereocenters. The zero-order chi connectivity index (χ0) is 30.0. The van der Waals surface area contributed by atoms with Gasteiger partial charge in [-0.1, -0.05) is 195 Å².